The molecular weight excluding hydrogens is 422 g/mol. The Morgan fingerprint density at radius 1 is 1.19 bits per heavy atom. The molecule has 0 saturated carbocycles. The van der Waals surface area contributed by atoms with Gasteiger partial charge in [-0.25, -0.2) is 0 Å². The lowest BCUT2D eigenvalue weighted by molar-refractivity contribution is -0.384. The molecule has 3 rings (SSSR count). The second kappa shape index (κ2) is 9.94. The molecule has 0 bridgehead atoms. The van der Waals surface area contributed by atoms with Crippen molar-refractivity contribution >= 4 is 29.0 Å². The third-order valence-corrected chi connectivity index (χ3v) is 5.40. The highest BCUT2D eigenvalue weighted by molar-refractivity contribution is 7.99. The third-order valence-electron chi connectivity index (χ3n) is 4.38. The van der Waals surface area contributed by atoms with Crippen molar-refractivity contribution in [1.82, 2.24) is 14.8 Å². The van der Waals surface area contributed by atoms with Crippen LogP contribution in [0, 0.1) is 17.0 Å². The van der Waals surface area contributed by atoms with Crippen molar-refractivity contribution in [2.75, 3.05) is 18.2 Å². The Bertz CT molecular complexity index is 1080. The van der Waals surface area contributed by atoms with Crippen molar-refractivity contribution in [2.45, 2.75) is 18.7 Å². The van der Waals surface area contributed by atoms with Gasteiger partial charge < -0.3 is 19.4 Å². The summed E-state index contributed by atoms with van der Waals surface area (Å²) in [6.07, 6.45) is 0. The summed E-state index contributed by atoms with van der Waals surface area (Å²) in [4.78, 5) is 22.6. The number of non-ortho nitro benzene ring substituents is 1. The lowest BCUT2D eigenvalue weighted by Crippen LogP contribution is -2.15. The summed E-state index contributed by atoms with van der Waals surface area (Å²) in [5.41, 5.74) is 1.13. The Labute approximate surface area is 182 Å². The largest absolute Gasteiger partial charge is 0.497 e. The molecule has 3 aromatic rings. The van der Waals surface area contributed by atoms with Gasteiger partial charge >= 0.3 is 0 Å². The van der Waals surface area contributed by atoms with Crippen molar-refractivity contribution in [3.8, 4) is 11.5 Å². The Hall–Kier alpha value is -3.60. The van der Waals surface area contributed by atoms with Crippen LogP contribution in [0.4, 0.5) is 11.4 Å². The van der Waals surface area contributed by atoms with Gasteiger partial charge in [-0.05, 0) is 42.8 Å². The Morgan fingerprint density at radius 2 is 1.90 bits per heavy atom. The third kappa shape index (κ3) is 5.72. The maximum atomic E-state index is 12.3. The van der Waals surface area contributed by atoms with E-state index in [1.165, 1.54) is 30.0 Å². The molecule has 0 aliphatic carbocycles. The number of thioether (sulfide) groups is 1. The Balaban J connectivity index is 1.53. The average molecular weight is 443 g/mol. The number of benzene rings is 2. The quantitative estimate of drug-likeness (QED) is 0.304. The monoisotopic (exact) mass is 443 g/mol. The molecule has 0 saturated heterocycles. The lowest BCUT2D eigenvalue weighted by Gasteiger charge is -2.09. The number of rotatable bonds is 9. The molecule has 10 nitrogen and oxygen atoms in total. The van der Waals surface area contributed by atoms with Crippen LogP contribution < -0.4 is 14.8 Å². The van der Waals surface area contributed by atoms with E-state index in [1.54, 1.807) is 49.9 Å². The van der Waals surface area contributed by atoms with E-state index in [-0.39, 0.29) is 24.0 Å². The summed E-state index contributed by atoms with van der Waals surface area (Å²) in [6, 6.07) is 11.5. The zero-order valence-corrected chi connectivity index (χ0v) is 18.0. The van der Waals surface area contributed by atoms with E-state index >= 15 is 0 Å². The van der Waals surface area contributed by atoms with Crippen LogP contribution in [0.3, 0.4) is 0 Å². The fraction of sp³-hybridized carbons (Fsp3) is 0.250. The molecule has 2 aromatic carbocycles. The summed E-state index contributed by atoms with van der Waals surface area (Å²) in [5.74, 6) is 1.90. The van der Waals surface area contributed by atoms with Crippen molar-refractivity contribution < 1.29 is 19.2 Å². The van der Waals surface area contributed by atoms with Gasteiger partial charge in [-0.1, -0.05) is 11.8 Å². The Morgan fingerprint density at radius 3 is 2.55 bits per heavy atom. The first-order chi connectivity index (χ1) is 14.9. The minimum Gasteiger partial charge on any atom is -0.497 e. The fourth-order valence-corrected chi connectivity index (χ4v) is 3.36. The van der Waals surface area contributed by atoms with E-state index in [0.29, 0.717) is 28.0 Å². The molecule has 0 spiro atoms. The normalized spacial score (nSPS) is 10.5. The summed E-state index contributed by atoms with van der Waals surface area (Å²) in [6.45, 7) is 1.93. The molecule has 0 aliphatic rings. The minimum absolute atomic E-state index is 0.0200. The van der Waals surface area contributed by atoms with Crippen molar-refractivity contribution in [3.63, 3.8) is 0 Å². The number of nitro groups is 1. The first-order valence-electron chi connectivity index (χ1n) is 9.20. The van der Waals surface area contributed by atoms with E-state index < -0.39 is 4.92 Å². The molecule has 0 unspecified atom stereocenters. The van der Waals surface area contributed by atoms with E-state index in [1.807, 2.05) is 0 Å². The van der Waals surface area contributed by atoms with Crippen molar-refractivity contribution in [2.24, 2.45) is 7.05 Å². The first-order valence-corrected chi connectivity index (χ1v) is 10.2. The molecule has 1 amide bonds. The topological polar surface area (TPSA) is 121 Å². The highest BCUT2D eigenvalue weighted by Gasteiger charge is 2.14. The number of amides is 1. The predicted molar refractivity (Wildman–Crippen MR) is 116 cm³/mol. The van der Waals surface area contributed by atoms with Crippen LogP contribution in [-0.2, 0) is 18.4 Å². The highest BCUT2D eigenvalue weighted by Crippen LogP contribution is 2.23. The first kappa shape index (κ1) is 22.1. The maximum Gasteiger partial charge on any atom is 0.269 e. The molecule has 0 aliphatic heterocycles. The number of methoxy groups -OCH3 is 1. The van der Waals surface area contributed by atoms with Crippen LogP contribution in [0.2, 0.25) is 0 Å². The number of carbonyl (C=O) groups is 1. The number of hydrogen-bond acceptors (Lipinski definition) is 8. The zero-order valence-electron chi connectivity index (χ0n) is 17.2. The number of carbonyl (C=O) groups excluding carboxylic acids is 1. The molecule has 1 aromatic heterocycles. The number of nitrogens with one attached hydrogen (secondary N) is 1. The summed E-state index contributed by atoms with van der Waals surface area (Å²) in [5, 5.41) is 22.4. The van der Waals surface area contributed by atoms with Gasteiger partial charge in [0.1, 0.15) is 18.1 Å². The lowest BCUT2D eigenvalue weighted by atomic mass is 10.2. The molecule has 0 radical (unpaired) electrons. The Kier molecular flexibility index (Phi) is 7.08. The second-order valence-corrected chi connectivity index (χ2v) is 7.46. The highest BCUT2D eigenvalue weighted by atomic mass is 32.2. The number of ether oxygens (including phenoxy) is 2. The van der Waals surface area contributed by atoms with Crippen LogP contribution in [0.5, 0.6) is 11.5 Å². The fourth-order valence-electron chi connectivity index (χ4n) is 2.63. The van der Waals surface area contributed by atoms with Gasteiger partial charge in [-0.2, -0.15) is 0 Å². The molecular formula is C20H21N5O5S. The standard InChI is InChI=1S/C20H21N5O5S/c1-13-10-14(25(27)28)4-9-17(13)21-19(26)12-31-20-23-22-18(24(20)2)11-30-16-7-5-15(29-3)6-8-16/h4-10H,11-12H2,1-3H3,(H,21,26). The van der Waals surface area contributed by atoms with Gasteiger partial charge in [0.05, 0.1) is 17.8 Å². The maximum absolute atomic E-state index is 12.3. The molecule has 0 fully saturated rings. The molecule has 31 heavy (non-hydrogen) atoms. The van der Waals surface area contributed by atoms with Crippen LogP contribution >= 0.6 is 11.8 Å². The molecule has 0 atom stereocenters. The second-order valence-electron chi connectivity index (χ2n) is 6.52. The predicted octanol–water partition coefficient (Wildman–Crippen LogP) is 3.35. The van der Waals surface area contributed by atoms with Gasteiger partial charge in [-0.15, -0.1) is 10.2 Å². The SMILES string of the molecule is COc1ccc(OCc2nnc(SCC(=O)Nc3ccc([N+](=O)[O-])cc3C)n2C)cc1. The van der Waals surface area contributed by atoms with E-state index in [9.17, 15) is 14.9 Å². The van der Waals surface area contributed by atoms with Gasteiger partial charge in [0.25, 0.3) is 5.69 Å². The van der Waals surface area contributed by atoms with Gasteiger partial charge in [0, 0.05) is 24.9 Å². The van der Waals surface area contributed by atoms with Crippen molar-refractivity contribution in [3.05, 3.63) is 64.0 Å². The molecule has 1 N–H and O–H groups in total. The number of nitro benzene ring substituents is 1. The smallest absolute Gasteiger partial charge is 0.269 e. The summed E-state index contributed by atoms with van der Waals surface area (Å²) >= 11 is 1.23. The zero-order chi connectivity index (χ0) is 22.4. The van der Waals surface area contributed by atoms with E-state index in [2.05, 4.69) is 15.5 Å². The van der Waals surface area contributed by atoms with Crippen LogP contribution in [0.1, 0.15) is 11.4 Å². The van der Waals surface area contributed by atoms with Gasteiger partial charge in [0.2, 0.25) is 5.91 Å². The van der Waals surface area contributed by atoms with Gasteiger partial charge in [0.15, 0.2) is 11.0 Å². The summed E-state index contributed by atoms with van der Waals surface area (Å²) in [7, 11) is 3.40. The van der Waals surface area contributed by atoms with E-state index in [4.69, 9.17) is 9.47 Å². The molecule has 162 valence electrons. The average Bonchev–Trinajstić information content (AvgIpc) is 3.11. The number of aromatic nitrogens is 3. The minimum atomic E-state index is -0.474. The van der Waals surface area contributed by atoms with Crippen LogP contribution in [-0.4, -0.2) is 38.5 Å². The van der Waals surface area contributed by atoms with Crippen LogP contribution in [0.25, 0.3) is 0 Å². The van der Waals surface area contributed by atoms with Crippen molar-refractivity contribution in [1.29, 1.82) is 0 Å². The number of anilines is 1. The molecule has 11 heteroatoms. The van der Waals surface area contributed by atoms with Crippen LogP contribution in [0.15, 0.2) is 47.6 Å². The number of hydrogen-bond donors (Lipinski definition) is 1. The van der Waals surface area contributed by atoms with Gasteiger partial charge in [-0.3, -0.25) is 14.9 Å². The molecule has 1 heterocycles. The number of aryl methyl sites for hydroxylation is 1. The number of nitrogens with zero attached hydrogens (tertiary/aromatic N) is 4. The summed E-state index contributed by atoms with van der Waals surface area (Å²) < 4.78 is 12.6. The van der Waals surface area contributed by atoms with E-state index in [0.717, 1.165) is 5.75 Å².